The summed E-state index contributed by atoms with van der Waals surface area (Å²) < 4.78 is 11.2. The number of benzene rings is 2. The number of carbonyl (C=O) groups is 1. The molecule has 0 aliphatic heterocycles. The summed E-state index contributed by atoms with van der Waals surface area (Å²) in [7, 11) is 1.68. The Morgan fingerprint density at radius 2 is 1.83 bits per heavy atom. The molecule has 0 aliphatic carbocycles. The Morgan fingerprint density at radius 1 is 1.07 bits per heavy atom. The van der Waals surface area contributed by atoms with Gasteiger partial charge in [-0.25, -0.2) is 0 Å². The second-order valence-corrected chi connectivity index (χ2v) is 7.27. The number of nitrogens with zero attached hydrogens (tertiary/aromatic N) is 1. The number of nitrogens with one attached hydrogen (secondary N) is 1. The van der Waals surface area contributed by atoms with Gasteiger partial charge in [-0.1, -0.05) is 25.1 Å². The maximum atomic E-state index is 12.7. The van der Waals surface area contributed by atoms with E-state index >= 15 is 0 Å². The Labute approximate surface area is 178 Å². The molecule has 3 rings (SSSR count). The SMILES string of the molecule is CCc1ccc(Oc2cccc(NC(=O)c3ccc(CC(C)OC)nc3C)c2)cc1. The van der Waals surface area contributed by atoms with Crippen molar-refractivity contribution in [2.75, 3.05) is 12.4 Å². The number of aromatic nitrogens is 1. The lowest BCUT2D eigenvalue weighted by Gasteiger charge is -2.12. The average Bonchev–Trinajstić information content (AvgIpc) is 2.74. The van der Waals surface area contributed by atoms with Crippen molar-refractivity contribution in [3.8, 4) is 11.5 Å². The van der Waals surface area contributed by atoms with Crippen molar-refractivity contribution in [1.29, 1.82) is 0 Å². The summed E-state index contributed by atoms with van der Waals surface area (Å²) in [6, 6.07) is 19.0. The van der Waals surface area contributed by atoms with Gasteiger partial charge >= 0.3 is 0 Å². The van der Waals surface area contributed by atoms with Crippen LogP contribution in [0.3, 0.4) is 0 Å². The molecule has 2 aromatic carbocycles. The molecule has 1 heterocycles. The van der Waals surface area contributed by atoms with Crippen LogP contribution in [0.15, 0.2) is 60.7 Å². The third-order valence-corrected chi connectivity index (χ3v) is 4.95. The van der Waals surface area contributed by atoms with Crippen LogP contribution < -0.4 is 10.1 Å². The van der Waals surface area contributed by atoms with Gasteiger partial charge in [-0.2, -0.15) is 0 Å². The van der Waals surface area contributed by atoms with Crippen LogP contribution in [0.5, 0.6) is 11.5 Å². The molecule has 0 spiro atoms. The molecule has 1 atom stereocenters. The molecule has 0 radical (unpaired) electrons. The number of aryl methyl sites for hydroxylation is 2. The maximum absolute atomic E-state index is 12.7. The van der Waals surface area contributed by atoms with Crippen molar-refractivity contribution in [3.05, 3.63) is 83.2 Å². The number of pyridine rings is 1. The van der Waals surface area contributed by atoms with Crippen LogP contribution in [0.1, 0.15) is 41.2 Å². The zero-order valence-electron chi connectivity index (χ0n) is 17.9. The Hall–Kier alpha value is -3.18. The smallest absolute Gasteiger partial charge is 0.257 e. The van der Waals surface area contributed by atoms with E-state index in [1.165, 1.54) is 5.56 Å². The highest BCUT2D eigenvalue weighted by Crippen LogP contribution is 2.25. The minimum Gasteiger partial charge on any atom is -0.457 e. The van der Waals surface area contributed by atoms with Crippen molar-refractivity contribution < 1.29 is 14.3 Å². The Kier molecular flexibility index (Phi) is 7.20. The lowest BCUT2D eigenvalue weighted by molar-refractivity contribution is 0.102. The zero-order chi connectivity index (χ0) is 21.5. The number of carbonyl (C=O) groups excluding carboxylic acids is 1. The fourth-order valence-corrected chi connectivity index (χ4v) is 3.11. The van der Waals surface area contributed by atoms with Gasteiger partial charge in [0.05, 0.1) is 17.4 Å². The van der Waals surface area contributed by atoms with Crippen molar-refractivity contribution in [3.63, 3.8) is 0 Å². The van der Waals surface area contributed by atoms with Gasteiger partial charge in [0.25, 0.3) is 5.91 Å². The molecule has 0 fully saturated rings. The second kappa shape index (κ2) is 10.0. The number of amides is 1. The highest BCUT2D eigenvalue weighted by molar-refractivity contribution is 6.05. The molecule has 1 N–H and O–H groups in total. The lowest BCUT2D eigenvalue weighted by Crippen LogP contribution is -2.16. The van der Waals surface area contributed by atoms with E-state index in [0.29, 0.717) is 29.1 Å². The Balaban J connectivity index is 1.68. The fourth-order valence-electron chi connectivity index (χ4n) is 3.11. The number of rotatable bonds is 8. The van der Waals surface area contributed by atoms with E-state index in [1.807, 2.05) is 74.5 Å². The molecule has 1 unspecified atom stereocenters. The first-order chi connectivity index (χ1) is 14.5. The normalized spacial score (nSPS) is 11.7. The van der Waals surface area contributed by atoms with Gasteiger partial charge in [0.2, 0.25) is 0 Å². The molecule has 1 aromatic heterocycles. The molecule has 0 saturated carbocycles. The van der Waals surface area contributed by atoms with Crippen molar-refractivity contribution in [2.24, 2.45) is 0 Å². The van der Waals surface area contributed by atoms with E-state index in [4.69, 9.17) is 9.47 Å². The topological polar surface area (TPSA) is 60.5 Å². The molecule has 0 bridgehead atoms. The van der Waals surface area contributed by atoms with E-state index in [2.05, 4.69) is 17.2 Å². The number of anilines is 1. The monoisotopic (exact) mass is 404 g/mol. The lowest BCUT2D eigenvalue weighted by atomic mass is 10.1. The summed E-state index contributed by atoms with van der Waals surface area (Å²) in [6.45, 7) is 5.95. The number of ether oxygens (including phenoxy) is 2. The minimum absolute atomic E-state index is 0.0810. The van der Waals surface area contributed by atoms with Gasteiger partial charge in [0, 0.05) is 31.0 Å². The molecule has 5 nitrogen and oxygen atoms in total. The van der Waals surface area contributed by atoms with Crippen LogP contribution in [0.2, 0.25) is 0 Å². The van der Waals surface area contributed by atoms with Gasteiger partial charge in [-0.05, 0) is 62.2 Å². The largest absolute Gasteiger partial charge is 0.457 e. The first-order valence-corrected chi connectivity index (χ1v) is 10.2. The summed E-state index contributed by atoms with van der Waals surface area (Å²) in [5.41, 5.74) is 4.07. The van der Waals surface area contributed by atoms with Crippen molar-refractivity contribution >= 4 is 11.6 Å². The van der Waals surface area contributed by atoms with E-state index in [9.17, 15) is 4.79 Å². The summed E-state index contributed by atoms with van der Waals surface area (Å²) >= 11 is 0. The molecule has 156 valence electrons. The predicted molar refractivity (Wildman–Crippen MR) is 119 cm³/mol. The average molecular weight is 405 g/mol. The van der Waals surface area contributed by atoms with E-state index in [1.54, 1.807) is 7.11 Å². The molecule has 0 saturated heterocycles. The second-order valence-electron chi connectivity index (χ2n) is 7.27. The van der Waals surface area contributed by atoms with Crippen molar-refractivity contribution in [1.82, 2.24) is 4.98 Å². The van der Waals surface area contributed by atoms with Crippen LogP contribution in [0, 0.1) is 6.92 Å². The first kappa shape index (κ1) is 21.5. The molecule has 30 heavy (non-hydrogen) atoms. The maximum Gasteiger partial charge on any atom is 0.257 e. The number of hydrogen-bond acceptors (Lipinski definition) is 4. The van der Waals surface area contributed by atoms with Crippen LogP contribution >= 0.6 is 0 Å². The summed E-state index contributed by atoms with van der Waals surface area (Å²) in [5, 5.41) is 2.93. The number of methoxy groups -OCH3 is 1. The van der Waals surface area contributed by atoms with Gasteiger partial charge in [-0.3, -0.25) is 9.78 Å². The standard InChI is InChI=1S/C25H28N2O3/c1-5-19-9-12-22(13-10-19)30-23-8-6-7-20(16-23)27-25(28)24-14-11-21(26-18(24)3)15-17(2)29-4/h6-14,16-17H,5,15H2,1-4H3,(H,27,28). The molecule has 0 aliphatic rings. The van der Waals surface area contributed by atoms with Crippen molar-refractivity contribution in [2.45, 2.75) is 39.7 Å². The van der Waals surface area contributed by atoms with Gasteiger partial charge in [0.15, 0.2) is 0 Å². The highest BCUT2D eigenvalue weighted by atomic mass is 16.5. The minimum atomic E-state index is -0.198. The fraction of sp³-hybridized carbons (Fsp3) is 0.280. The van der Waals surface area contributed by atoms with Crippen LogP contribution in [-0.4, -0.2) is 24.1 Å². The Morgan fingerprint density at radius 3 is 2.50 bits per heavy atom. The van der Waals surface area contributed by atoms with Crippen LogP contribution in [0.25, 0.3) is 0 Å². The van der Waals surface area contributed by atoms with Gasteiger partial charge in [-0.15, -0.1) is 0 Å². The van der Waals surface area contributed by atoms with E-state index < -0.39 is 0 Å². The summed E-state index contributed by atoms with van der Waals surface area (Å²) in [6.07, 6.45) is 1.78. The highest BCUT2D eigenvalue weighted by Gasteiger charge is 2.13. The molecule has 1 amide bonds. The number of hydrogen-bond donors (Lipinski definition) is 1. The Bertz CT molecular complexity index is 1000. The van der Waals surface area contributed by atoms with Gasteiger partial charge < -0.3 is 14.8 Å². The first-order valence-electron chi connectivity index (χ1n) is 10.2. The molecular weight excluding hydrogens is 376 g/mol. The zero-order valence-corrected chi connectivity index (χ0v) is 17.9. The van der Waals surface area contributed by atoms with E-state index in [-0.39, 0.29) is 12.0 Å². The molecule has 5 heteroatoms. The predicted octanol–water partition coefficient (Wildman–Crippen LogP) is 5.57. The molecule has 3 aromatic rings. The quantitative estimate of drug-likeness (QED) is 0.533. The van der Waals surface area contributed by atoms with Gasteiger partial charge in [0.1, 0.15) is 11.5 Å². The van der Waals surface area contributed by atoms with E-state index in [0.717, 1.165) is 17.9 Å². The third-order valence-electron chi connectivity index (χ3n) is 4.95. The molecular formula is C25H28N2O3. The third kappa shape index (κ3) is 5.67. The summed E-state index contributed by atoms with van der Waals surface area (Å²) in [4.78, 5) is 17.3. The summed E-state index contributed by atoms with van der Waals surface area (Å²) in [5.74, 6) is 1.23. The van der Waals surface area contributed by atoms with Crippen LogP contribution in [0.4, 0.5) is 5.69 Å². The van der Waals surface area contributed by atoms with Crippen LogP contribution in [-0.2, 0) is 17.6 Å².